The number of hydrogen-bond donors (Lipinski definition) is 0. The Balaban J connectivity index is 1.66. The Morgan fingerprint density at radius 1 is 1.00 bits per heavy atom. The van der Waals surface area contributed by atoms with Crippen LogP contribution in [0.15, 0.2) is 60.8 Å². The first-order valence-corrected chi connectivity index (χ1v) is 7.61. The second-order valence-corrected chi connectivity index (χ2v) is 5.44. The SMILES string of the molecule is CN1C=CCC=C1C=Cc1cnc(C=Cc2cccn2C)cn1. The fourth-order valence-electron chi connectivity index (χ4n) is 2.33. The predicted octanol–water partition coefficient (Wildman–Crippen LogP) is 3.73. The van der Waals surface area contributed by atoms with Gasteiger partial charge >= 0.3 is 0 Å². The maximum Gasteiger partial charge on any atom is 0.0814 e. The molecule has 0 unspecified atom stereocenters. The molecule has 0 saturated carbocycles. The first kappa shape index (κ1) is 15.0. The van der Waals surface area contributed by atoms with Gasteiger partial charge in [0, 0.05) is 31.7 Å². The van der Waals surface area contributed by atoms with Gasteiger partial charge in [0.25, 0.3) is 0 Å². The summed E-state index contributed by atoms with van der Waals surface area (Å²) in [6.07, 6.45) is 21.0. The molecule has 116 valence electrons. The van der Waals surface area contributed by atoms with Crippen LogP contribution >= 0.6 is 0 Å². The topological polar surface area (TPSA) is 34.0 Å². The van der Waals surface area contributed by atoms with Crippen LogP contribution in [0.3, 0.4) is 0 Å². The zero-order chi connectivity index (χ0) is 16.1. The molecule has 0 fully saturated rings. The summed E-state index contributed by atoms with van der Waals surface area (Å²) in [5.41, 5.74) is 4.00. The number of rotatable bonds is 4. The number of aryl methyl sites for hydroxylation is 1. The van der Waals surface area contributed by atoms with Crippen LogP contribution in [-0.4, -0.2) is 26.5 Å². The van der Waals surface area contributed by atoms with Crippen LogP contribution in [0.25, 0.3) is 18.2 Å². The van der Waals surface area contributed by atoms with Crippen molar-refractivity contribution in [1.82, 2.24) is 19.4 Å². The molecule has 0 radical (unpaired) electrons. The van der Waals surface area contributed by atoms with Gasteiger partial charge in [-0.05, 0) is 49.1 Å². The Morgan fingerprint density at radius 2 is 1.74 bits per heavy atom. The molecular formula is C19H20N4. The Bertz CT molecular complexity index is 776. The lowest BCUT2D eigenvalue weighted by Gasteiger charge is -2.18. The third-order valence-electron chi connectivity index (χ3n) is 3.72. The van der Waals surface area contributed by atoms with E-state index >= 15 is 0 Å². The minimum absolute atomic E-state index is 0.847. The van der Waals surface area contributed by atoms with E-state index in [0.29, 0.717) is 0 Å². The maximum atomic E-state index is 4.44. The summed E-state index contributed by atoms with van der Waals surface area (Å²) >= 11 is 0. The van der Waals surface area contributed by atoms with Gasteiger partial charge in [0.15, 0.2) is 0 Å². The van der Waals surface area contributed by atoms with Crippen molar-refractivity contribution in [1.29, 1.82) is 0 Å². The van der Waals surface area contributed by atoms with Gasteiger partial charge in [-0.3, -0.25) is 9.97 Å². The average molecular weight is 304 g/mol. The van der Waals surface area contributed by atoms with Crippen LogP contribution in [0, 0.1) is 0 Å². The van der Waals surface area contributed by atoms with Crippen molar-refractivity contribution in [2.45, 2.75) is 6.42 Å². The summed E-state index contributed by atoms with van der Waals surface area (Å²) in [5, 5.41) is 0. The number of nitrogens with zero attached hydrogens (tertiary/aromatic N) is 4. The van der Waals surface area contributed by atoms with E-state index in [9.17, 15) is 0 Å². The van der Waals surface area contributed by atoms with Gasteiger partial charge in [0.1, 0.15) is 0 Å². The van der Waals surface area contributed by atoms with Crippen molar-refractivity contribution < 1.29 is 0 Å². The molecule has 0 aromatic carbocycles. The summed E-state index contributed by atoms with van der Waals surface area (Å²) in [6.45, 7) is 0. The molecule has 3 heterocycles. The van der Waals surface area contributed by atoms with Gasteiger partial charge in [-0.2, -0.15) is 0 Å². The fraction of sp³-hybridized carbons (Fsp3) is 0.158. The van der Waals surface area contributed by atoms with Gasteiger partial charge in [-0.1, -0.05) is 12.2 Å². The summed E-state index contributed by atoms with van der Waals surface area (Å²) < 4.78 is 2.06. The first-order chi connectivity index (χ1) is 11.2. The highest BCUT2D eigenvalue weighted by molar-refractivity contribution is 5.66. The van der Waals surface area contributed by atoms with E-state index in [4.69, 9.17) is 0 Å². The van der Waals surface area contributed by atoms with E-state index in [1.807, 2.05) is 44.6 Å². The number of aromatic nitrogens is 3. The molecule has 0 N–H and O–H groups in total. The van der Waals surface area contributed by atoms with Crippen LogP contribution < -0.4 is 0 Å². The van der Waals surface area contributed by atoms with E-state index < -0.39 is 0 Å². The van der Waals surface area contributed by atoms with E-state index in [0.717, 1.165) is 23.5 Å². The van der Waals surface area contributed by atoms with Crippen LogP contribution in [0.4, 0.5) is 0 Å². The lowest BCUT2D eigenvalue weighted by Crippen LogP contribution is -2.10. The molecule has 0 atom stereocenters. The smallest absolute Gasteiger partial charge is 0.0814 e. The molecular weight excluding hydrogens is 284 g/mol. The van der Waals surface area contributed by atoms with E-state index in [-0.39, 0.29) is 0 Å². The molecule has 4 heteroatoms. The van der Waals surface area contributed by atoms with Crippen LogP contribution in [0.1, 0.15) is 23.5 Å². The Labute approximate surface area is 136 Å². The molecule has 1 aliphatic rings. The Kier molecular flexibility index (Phi) is 4.52. The van der Waals surface area contributed by atoms with Crippen molar-refractivity contribution in [3.8, 4) is 0 Å². The van der Waals surface area contributed by atoms with Crippen molar-refractivity contribution in [3.05, 3.63) is 77.9 Å². The third-order valence-corrected chi connectivity index (χ3v) is 3.72. The van der Waals surface area contributed by atoms with E-state index in [1.54, 1.807) is 12.4 Å². The lowest BCUT2D eigenvalue weighted by atomic mass is 10.2. The Hall–Kier alpha value is -2.88. The summed E-state index contributed by atoms with van der Waals surface area (Å²) in [5.74, 6) is 0. The highest BCUT2D eigenvalue weighted by Crippen LogP contribution is 2.13. The van der Waals surface area contributed by atoms with Crippen LogP contribution in [-0.2, 0) is 7.05 Å². The molecule has 0 saturated heterocycles. The molecule has 3 rings (SSSR count). The van der Waals surface area contributed by atoms with Crippen LogP contribution in [0.2, 0.25) is 0 Å². The highest BCUT2D eigenvalue weighted by Gasteiger charge is 2.00. The number of hydrogen-bond acceptors (Lipinski definition) is 3. The molecule has 1 aliphatic heterocycles. The standard InChI is InChI=1S/C19H20N4/c1-22-12-4-3-6-18(22)10-8-16-14-21-17(15-20-16)9-11-19-7-5-13-23(19)2/h4-15H,3H2,1-2H3. The van der Waals surface area contributed by atoms with Crippen molar-refractivity contribution in [3.63, 3.8) is 0 Å². The lowest BCUT2D eigenvalue weighted by molar-refractivity contribution is 0.575. The predicted molar refractivity (Wildman–Crippen MR) is 95.0 cm³/mol. The summed E-state index contributed by atoms with van der Waals surface area (Å²) in [4.78, 5) is 11.0. The van der Waals surface area contributed by atoms with Gasteiger partial charge in [-0.25, -0.2) is 0 Å². The maximum absolute atomic E-state index is 4.44. The van der Waals surface area contributed by atoms with Gasteiger partial charge in [0.2, 0.25) is 0 Å². The van der Waals surface area contributed by atoms with Crippen molar-refractivity contribution >= 4 is 18.2 Å². The average Bonchev–Trinajstić information content (AvgIpc) is 2.98. The molecule has 0 amide bonds. The summed E-state index contributed by atoms with van der Waals surface area (Å²) in [7, 11) is 4.06. The van der Waals surface area contributed by atoms with Crippen LogP contribution in [0.5, 0.6) is 0 Å². The quantitative estimate of drug-likeness (QED) is 0.863. The van der Waals surface area contributed by atoms with Gasteiger partial charge in [-0.15, -0.1) is 0 Å². The molecule has 2 aromatic rings. The molecule has 2 aromatic heterocycles. The molecule has 4 nitrogen and oxygen atoms in total. The second kappa shape index (κ2) is 6.92. The van der Waals surface area contributed by atoms with E-state index in [2.05, 4.69) is 49.9 Å². The third kappa shape index (κ3) is 3.86. The minimum atomic E-state index is 0.847. The zero-order valence-corrected chi connectivity index (χ0v) is 13.4. The normalized spacial score (nSPS) is 14.9. The fourth-order valence-corrected chi connectivity index (χ4v) is 2.33. The number of allylic oxidation sites excluding steroid dienone is 3. The molecule has 0 spiro atoms. The summed E-state index contributed by atoms with van der Waals surface area (Å²) in [6, 6.07) is 4.08. The van der Waals surface area contributed by atoms with Crippen molar-refractivity contribution in [2.75, 3.05) is 7.05 Å². The highest BCUT2D eigenvalue weighted by atomic mass is 15.1. The molecule has 23 heavy (non-hydrogen) atoms. The molecule has 0 bridgehead atoms. The van der Waals surface area contributed by atoms with Gasteiger partial charge in [0.05, 0.1) is 23.8 Å². The Morgan fingerprint density at radius 3 is 2.35 bits per heavy atom. The zero-order valence-electron chi connectivity index (χ0n) is 13.4. The largest absolute Gasteiger partial charge is 0.352 e. The van der Waals surface area contributed by atoms with Gasteiger partial charge < -0.3 is 9.47 Å². The second-order valence-electron chi connectivity index (χ2n) is 5.44. The minimum Gasteiger partial charge on any atom is -0.352 e. The van der Waals surface area contributed by atoms with E-state index in [1.165, 1.54) is 5.70 Å². The monoisotopic (exact) mass is 304 g/mol. The van der Waals surface area contributed by atoms with Crippen molar-refractivity contribution in [2.24, 2.45) is 7.05 Å². The first-order valence-electron chi connectivity index (χ1n) is 7.61. The molecule has 0 aliphatic carbocycles. The number of likely N-dealkylation sites (N-methyl/N-ethyl adjacent to an activating group) is 1.